The molecule has 0 atom stereocenters. The molecule has 1 aliphatic rings. The van der Waals surface area contributed by atoms with Crippen LogP contribution in [0.5, 0.6) is 0 Å². The lowest BCUT2D eigenvalue weighted by Gasteiger charge is -2.27. The molecule has 0 saturated heterocycles. The number of nitrogens with zero attached hydrogens (tertiary/aromatic N) is 2. The summed E-state index contributed by atoms with van der Waals surface area (Å²) in [6.07, 6.45) is 9.75. The Morgan fingerprint density at radius 2 is 2.24 bits per heavy atom. The molecular formula is C13H23N3O. The van der Waals surface area contributed by atoms with Crippen LogP contribution in [0.25, 0.3) is 0 Å². The number of aliphatic hydroxyl groups excluding tert-OH is 1. The zero-order chi connectivity index (χ0) is 12.1. The van der Waals surface area contributed by atoms with Crippen LogP contribution in [0.15, 0.2) is 12.4 Å². The third-order valence-electron chi connectivity index (χ3n) is 3.67. The molecule has 0 aliphatic heterocycles. The predicted molar refractivity (Wildman–Crippen MR) is 67.6 cm³/mol. The summed E-state index contributed by atoms with van der Waals surface area (Å²) in [6.45, 7) is 4.18. The van der Waals surface area contributed by atoms with E-state index in [9.17, 15) is 5.11 Å². The van der Waals surface area contributed by atoms with Crippen molar-refractivity contribution in [1.82, 2.24) is 15.1 Å². The van der Waals surface area contributed by atoms with Crippen LogP contribution in [0, 0.1) is 0 Å². The number of rotatable bonds is 6. The highest BCUT2D eigenvalue weighted by atomic mass is 16.3. The molecule has 4 nitrogen and oxygen atoms in total. The van der Waals surface area contributed by atoms with Gasteiger partial charge in [0.25, 0.3) is 0 Å². The first-order chi connectivity index (χ1) is 8.28. The van der Waals surface area contributed by atoms with Crippen LogP contribution in [-0.4, -0.2) is 27.0 Å². The van der Waals surface area contributed by atoms with Crippen LogP contribution in [0.1, 0.15) is 44.6 Å². The first kappa shape index (κ1) is 12.6. The van der Waals surface area contributed by atoms with E-state index >= 15 is 0 Å². The number of hydrogen-bond donors (Lipinski definition) is 2. The zero-order valence-corrected chi connectivity index (χ0v) is 10.7. The smallest absolute Gasteiger partial charge is 0.0613 e. The quantitative estimate of drug-likeness (QED) is 0.791. The summed E-state index contributed by atoms with van der Waals surface area (Å²) in [5.74, 6) is 0. The molecule has 2 rings (SSSR count). The number of aryl methyl sites for hydroxylation is 1. The van der Waals surface area contributed by atoms with Gasteiger partial charge in [-0.15, -0.1) is 0 Å². The van der Waals surface area contributed by atoms with E-state index in [0.717, 1.165) is 32.4 Å². The van der Waals surface area contributed by atoms with Crippen LogP contribution >= 0.6 is 0 Å². The van der Waals surface area contributed by atoms with Crippen molar-refractivity contribution in [2.24, 2.45) is 0 Å². The lowest BCUT2D eigenvalue weighted by Crippen LogP contribution is -2.45. The van der Waals surface area contributed by atoms with Gasteiger partial charge in [0.1, 0.15) is 0 Å². The van der Waals surface area contributed by atoms with Crippen molar-refractivity contribution < 1.29 is 5.11 Å². The Balaban J connectivity index is 1.87. The third-order valence-corrected chi connectivity index (χ3v) is 3.67. The molecule has 17 heavy (non-hydrogen) atoms. The minimum atomic E-state index is -0.0349. The van der Waals surface area contributed by atoms with Crippen molar-refractivity contribution in [2.75, 3.05) is 6.61 Å². The molecule has 0 spiro atoms. The third kappa shape index (κ3) is 3.07. The second kappa shape index (κ2) is 5.65. The SMILES string of the molecule is CCCn1cc(CNC2(CO)CCCC2)cn1. The topological polar surface area (TPSA) is 50.1 Å². The van der Waals surface area contributed by atoms with Crippen LogP contribution in [0.2, 0.25) is 0 Å². The maximum atomic E-state index is 9.50. The van der Waals surface area contributed by atoms with Gasteiger partial charge in [-0.25, -0.2) is 0 Å². The van der Waals surface area contributed by atoms with Gasteiger partial charge >= 0.3 is 0 Å². The molecule has 0 unspecified atom stereocenters. The Morgan fingerprint density at radius 3 is 2.88 bits per heavy atom. The van der Waals surface area contributed by atoms with Crippen LogP contribution in [0.3, 0.4) is 0 Å². The largest absolute Gasteiger partial charge is 0.394 e. The first-order valence-electron chi connectivity index (χ1n) is 6.65. The second-order valence-electron chi connectivity index (χ2n) is 5.11. The predicted octanol–water partition coefficient (Wildman–Crippen LogP) is 1.69. The van der Waals surface area contributed by atoms with Gasteiger partial charge in [-0.05, 0) is 19.3 Å². The Bertz CT molecular complexity index is 342. The average molecular weight is 237 g/mol. The van der Waals surface area contributed by atoms with Crippen LogP contribution < -0.4 is 5.32 Å². The van der Waals surface area contributed by atoms with Gasteiger partial charge in [0.05, 0.1) is 12.8 Å². The Labute approximate surface area is 103 Å². The number of aromatic nitrogens is 2. The van der Waals surface area contributed by atoms with Gasteiger partial charge in [-0.2, -0.15) is 5.10 Å². The highest BCUT2D eigenvalue weighted by Gasteiger charge is 2.32. The van der Waals surface area contributed by atoms with Crippen molar-refractivity contribution >= 4 is 0 Å². The van der Waals surface area contributed by atoms with Crippen molar-refractivity contribution in [3.05, 3.63) is 18.0 Å². The second-order valence-corrected chi connectivity index (χ2v) is 5.11. The Kier molecular flexibility index (Phi) is 4.18. The standard InChI is InChI=1S/C13H23N3O/c1-2-7-16-10-12(9-15-16)8-14-13(11-17)5-3-4-6-13/h9-10,14,17H,2-8,11H2,1H3. The molecule has 1 saturated carbocycles. The molecule has 96 valence electrons. The molecule has 0 amide bonds. The summed E-state index contributed by atoms with van der Waals surface area (Å²) in [4.78, 5) is 0. The van der Waals surface area contributed by atoms with Crippen LogP contribution in [-0.2, 0) is 13.1 Å². The lowest BCUT2D eigenvalue weighted by atomic mass is 9.99. The number of hydrogen-bond acceptors (Lipinski definition) is 3. The van der Waals surface area contributed by atoms with Crippen molar-refractivity contribution in [3.8, 4) is 0 Å². The van der Waals surface area contributed by atoms with Gasteiger partial charge in [-0.3, -0.25) is 4.68 Å². The van der Waals surface area contributed by atoms with Gasteiger partial charge < -0.3 is 10.4 Å². The summed E-state index contributed by atoms with van der Waals surface area (Å²) in [7, 11) is 0. The van der Waals surface area contributed by atoms with Gasteiger partial charge in [-0.1, -0.05) is 19.8 Å². The fraction of sp³-hybridized carbons (Fsp3) is 0.769. The minimum Gasteiger partial charge on any atom is -0.394 e. The van der Waals surface area contributed by atoms with E-state index in [0.29, 0.717) is 0 Å². The van der Waals surface area contributed by atoms with Gasteiger partial charge in [0.2, 0.25) is 0 Å². The molecular weight excluding hydrogens is 214 g/mol. The highest BCUT2D eigenvalue weighted by molar-refractivity contribution is 5.05. The Hall–Kier alpha value is -0.870. The van der Waals surface area contributed by atoms with E-state index in [4.69, 9.17) is 0 Å². The molecule has 0 bridgehead atoms. The summed E-state index contributed by atoms with van der Waals surface area (Å²) in [5.41, 5.74) is 1.17. The van der Waals surface area contributed by atoms with E-state index in [1.54, 1.807) is 0 Å². The van der Waals surface area contributed by atoms with Gasteiger partial charge in [0.15, 0.2) is 0 Å². The fourth-order valence-electron chi connectivity index (χ4n) is 2.58. The zero-order valence-electron chi connectivity index (χ0n) is 10.7. The van der Waals surface area contributed by atoms with E-state index < -0.39 is 0 Å². The average Bonchev–Trinajstić information content (AvgIpc) is 2.96. The van der Waals surface area contributed by atoms with Crippen LogP contribution in [0.4, 0.5) is 0 Å². The highest BCUT2D eigenvalue weighted by Crippen LogP contribution is 2.29. The molecule has 1 aliphatic carbocycles. The van der Waals surface area contributed by atoms with E-state index in [2.05, 4.69) is 23.5 Å². The molecule has 1 heterocycles. The molecule has 2 N–H and O–H groups in total. The molecule has 0 radical (unpaired) electrons. The molecule has 1 aromatic rings. The Morgan fingerprint density at radius 1 is 1.47 bits per heavy atom. The van der Waals surface area contributed by atoms with E-state index in [1.165, 1.54) is 18.4 Å². The molecule has 4 heteroatoms. The van der Waals surface area contributed by atoms with Crippen molar-refractivity contribution in [2.45, 2.75) is 57.7 Å². The molecule has 0 aromatic carbocycles. The van der Waals surface area contributed by atoms with Crippen molar-refractivity contribution in [3.63, 3.8) is 0 Å². The molecule has 1 fully saturated rings. The maximum absolute atomic E-state index is 9.50. The first-order valence-corrected chi connectivity index (χ1v) is 6.65. The summed E-state index contributed by atoms with van der Waals surface area (Å²) in [5, 5.41) is 17.3. The summed E-state index contributed by atoms with van der Waals surface area (Å²) in [6, 6.07) is 0. The number of nitrogens with one attached hydrogen (secondary N) is 1. The minimum absolute atomic E-state index is 0.0349. The fourth-order valence-corrected chi connectivity index (χ4v) is 2.58. The summed E-state index contributed by atoms with van der Waals surface area (Å²) >= 11 is 0. The monoisotopic (exact) mass is 237 g/mol. The van der Waals surface area contributed by atoms with Crippen molar-refractivity contribution in [1.29, 1.82) is 0 Å². The van der Waals surface area contributed by atoms with E-state index in [-0.39, 0.29) is 12.1 Å². The number of aliphatic hydroxyl groups is 1. The molecule has 1 aromatic heterocycles. The van der Waals surface area contributed by atoms with Gasteiger partial charge in [0, 0.05) is 30.4 Å². The van der Waals surface area contributed by atoms with E-state index in [1.807, 2.05) is 10.9 Å². The normalized spacial score (nSPS) is 18.7. The summed E-state index contributed by atoms with van der Waals surface area (Å²) < 4.78 is 1.98. The maximum Gasteiger partial charge on any atom is 0.0613 e. The lowest BCUT2D eigenvalue weighted by molar-refractivity contribution is 0.163.